The average Bonchev–Trinajstić information content (AvgIpc) is 2.53. The minimum atomic E-state index is -3.92. The molecule has 0 aliphatic heterocycles. The number of benzene rings is 2. The minimum Gasteiger partial charge on any atom is -0.480 e. The molecule has 7 nitrogen and oxygen atoms in total. The van der Waals surface area contributed by atoms with Crippen LogP contribution in [0, 0.1) is 0 Å². The monoisotopic (exact) mass is 368 g/mol. The fourth-order valence-corrected chi connectivity index (χ4v) is 3.04. The van der Waals surface area contributed by atoms with Gasteiger partial charge in [0.2, 0.25) is 0 Å². The second-order valence-electron chi connectivity index (χ2n) is 4.68. The van der Waals surface area contributed by atoms with E-state index in [1.54, 1.807) is 6.07 Å². The zero-order valence-electron chi connectivity index (χ0n) is 12.2. The summed E-state index contributed by atoms with van der Waals surface area (Å²) in [4.78, 5) is 22.5. The maximum absolute atomic E-state index is 12.4. The molecule has 0 fully saturated rings. The number of halogens is 1. The molecule has 2 rings (SSSR count). The van der Waals surface area contributed by atoms with Gasteiger partial charge in [0.15, 0.2) is 0 Å². The average molecular weight is 369 g/mol. The first-order valence-corrected chi connectivity index (χ1v) is 8.53. The van der Waals surface area contributed by atoms with Crippen molar-refractivity contribution in [1.29, 1.82) is 0 Å². The van der Waals surface area contributed by atoms with E-state index < -0.39 is 28.4 Å². The predicted octanol–water partition coefficient (Wildman–Crippen LogP) is 1.96. The Morgan fingerprint density at radius 1 is 1.04 bits per heavy atom. The number of carboxylic acid groups (broad SMARTS) is 1. The molecule has 0 saturated heterocycles. The molecule has 0 bridgehead atoms. The van der Waals surface area contributed by atoms with Gasteiger partial charge in [0.1, 0.15) is 6.54 Å². The second kappa shape index (κ2) is 7.33. The molecule has 0 aliphatic carbocycles. The Hall–Kier alpha value is -2.58. The van der Waals surface area contributed by atoms with Crippen LogP contribution >= 0.6 is 11.6 Å². The normalized spacial score (nSPS) is 10.9. The maximum Gasteiger partial charge on any atom is 0.322 e. The third-order valence-corrected chi connectivity index (χ3v) is 4.57. The Bertz CT molecular complexity index is 866. The molecule has 0 aliphatic rings. The zero-order chi connectivity index (χ0) is 17.7. The van der Waals surface area contributed by atoms with Crippen LogP contribution in [0.5, 0.6) is 0 Å². The summed E-state index contributed by atoms with van der Waals surface area (Å²) < 4.78 is 27.1. The highest BCUT2D eigenvalue weighted by Crippen LogP contribution is 2.21. The minimum absolute atomic E-state index is 0.0105. The lowest BCUT2D eigenvalue weighted by Gasteiger charge is -2.12. The van der Waals surface area contributed by atoms with Crippen LogP contribution in [0.1, 0.15) is 10.4 Å². The molecular weight excluding hydrogens is 356 g/mol. The van der Waals surface area contributed by atoms with Crippen molar-refractivity contribution in [3.05, 3.63) is 59.1 Å². The van der Waals surface area contributed by atoms with Gasteiger partial charge >= 0.3 is 5.97 Å². The number of anilines is 1. The van der Waals surface area contributed by atoms with Crippen molar-refractivity contribution in [1.82, 2.24) is 5.32 Å². The van der Waals surface area contributed by atoms with Crippen LogP contribution in [-0.2, 0) is 14.8 Å². The van der Waals surface area contributed by atoms with Crippen LogP contribution in [0.25, 0.3) is 0 Å². The first-order chi connectivity index (χ1) is 11.3. The summed E-state index contributed by atoms with van der Waals surface area (Å²) in [6, 6.07) is 11.4. The first-order valence-electron chi connectivity index (χ1n) is 6.67. The highest BCUT2D eigenvalue weighted by atomic mass is 35.5. The van der Waals surface area contributed by atoms with Gasteiger partial charge < -0.3 is 10.4 Å². The molecule has 0 radical (unpaired) electrons. The van der Waals surface area contributed by atoms with Crippen LogP contribution in [0.4, 0.5) is 5.69 Å². The number of rotatable bonds is 6. The maximum atomic E-state index is 12.4. The third-order valence-electron chi connectivity index (χ3n) is 2.94. The molecule has 0 saturated carbocycles. The third kappa shape index (κ3) is 4.46. The SMILES string of the molecule is O=C(O)CNC(=O)c1ccccc1NS(=O)(=O)c1ccc(Cl)cc1. The Balaban J connectivity index is 2.28. The number of nitrogens with one attached hydrogen (secondary N) is 2. The van der Waals surface area contributed by atoms with Gasteiger partial charge in [0.05, 0.1) is 16.1 Å². The molecule has 0 spiro atoms. The van der Waals surface area contributed by atoms with Gasteiger partial charge in [-0.3, -0.25) is 14.3 Å². The molecule has 9 heteroatoms. The molecule has 2 aromatic carbocycles. The van der Waals surface area contributed by atoms with Gasteiger partial charge in [-0.2, -0.15) is 0 Å². The molecular formula is C15H13ClN2O5S. The van der Waals surface area contributed by atoms with E-state index in [9.17, 15) is 18.0 Å². The topological polar surface area (TPSA) is 113 Å². The molecule has 126 valence electrons. The van der Waals surface area contributed by atoms with Gasteiger partial charge in [-0.05, 0) is 36.4 Å². The molecule has 0 heterocycles. The van der Waals surface area contributed by atoms with E-state index in [1.807, 2.05) is 0 Å². The molecule has 1 amide bonds. The fraction of sp³-hybridized carbons (Fsp3) is 0.0667. The smallest absolute Gasteiger partial charge is 0.322 e. The van der Waals surface area contributed by atoms with Crippen molar-refractivity contribution >= 4 is 39.2 Å². The molecule has 2 aromatic rings. The summed E-state index contributed by atoms with van der Waals surface area (Å²) in [5.74, 6) is -1.91. The molecule has 0 atom stereocenters. The quantitative estimate of drug-likeness (QED) is 0.721. The number of hydrogen-bond acceptors (Lipinski definition) is 4. The van der Waals surface area contributed by atoms with Gasteiger partial charge in [-0.15, -0.1) is 0 Å². The number of hydrogen-bond donors (Lipinski definition) is 3. The van der Waals surface area contributed by atoms with E-state index in [4.69, 9.17) is 16.7 Å². The Morgan fingerprint density at radius 3 is 2.29 bits per heavy atom. The summed E-state index contributed by atoms with van der Waals surface area (Å²) in [6.45, 7) is -0.572. The van der Waals surface area contributed by atoms with Crippen molar-refractivity contribution in [3.63, 3.8) is 0 Å². The highest BCUT2D eigenvalue weighted by Gasteiger charge is 2.18. The lowest BCUT2D eigenvalue weighted by atomic mass is 10.1. The molecule has 0 aromatic heterocycles. The van der Waals surface area contributed by atoms with Crippen molar-refractivity contribution in [2.75, 3.05) is 11.3 Å². The second-order valence-corrected chi connectivity index (χ2v) is 6.80. The number of sulfonamides is 1. The summed E-state index contributed by atoms with van der Waals surface area (Å²) in [5, 5.41) is 11.2. The van der Waals surface area contributed by atoms with Crippen LogP contribution < -0.4 is 10.0 Å². The van der Waals surface area contributed by atoms with Crippen molar-refractivity contribution < 1.29 is 23.1 Å². The summed E-state index contributed by atoms with van der Waals surface area (Å²) in [7, 11) is -3.92. The van der Waals surface area contributed by atoms with Crippen LogP contribution in [0.3, 0.4) is 0 Å². The standard InChI is InChI=1S/C15H13ClN2O5S/c16-10-5-7-11(8-6-10)24(22,23)18-13-4-2-1-3-12(13)15(21)17-9-14(19)20/h1-8,18H,9H2,(H,17,21)(H,19,20). The number of carbonyl (C=O) groups is 2. The Labute approximate surface area is 143 Å². The summed E-state index contributed by atoms with van der Waals surface area (Å²) >= 11 is 5.73. The fourth-order valence-electron chi connectivity index (χ4n) is 1.84. The van der Waals surface area contributed by atoms with Gasteiger partial charge in [-0.25, -0.2) is 8.42 Å². The zero-order valence-corrected chi connectivity index (χ0v) is 13.8. The lowest BCUT2D eigenvalue weighted by Crippen LogP contribution is -2.30. The van der Waals surface area contributed by atoms with Crippen LogP contribution in [0.2, 0.25) is 5.02 Å². The Kier molecular flexibility index (Phi) is 5.42. The van der Waals surface area contributed by atoms with E-state index in [0.717, 1.165) is 0 Å². The van der Waals surface area contributed by atoms with Crippen molar-refractivity contribution in [3.8, 4) is 0 Å². The largest absolute Gasteiger partial charge is 0.480 e. The number of aliphatic carboxylic acids is 1. The summed E-state index contributed by atoms with van der Waals surface area (Å²) in [6.07, 6.45) is 0. The van der Waals surface area contributed by atoms with E-state index in [1.165, 1.54) is 42.5 Å². The predicted molar refractivity (Wildman–Crippen MR) is 88.7 cm³/mol. The highest BCUT2D eigenvalue weighted by molar-refractivity contribution is 7.92. The van der Waals surface area contributed by atoms with Gasteiger partial charge in [0.25, 0.3) is 15.9 Å². The number of amides is 1. The number of para-hydroxylation sites is 1. The summed E-state index contributed by atoms with van der Waals surface area (Å²) in [5.41, 5.74) is 0.0478. The molecule has 0 unspecified atom stereocenters. The lowest BCUT2D eigenvalue weighted by molar-refractivity contribution is -0.135. The van der Waals surface area contributed by atoms with E-state index in [-0.39, 0.29) is 16.1 Å². The molecule has 24 heavy (non-hydrogen) atoms. The van der Waals surface area contributed by atoms with Gasteiger partial charge in [-0.1, -0.05) is 23.7 Å². The van der Waals surface area contributed by atoms with Crippen LogP contribution in [0.15, 0.2) is 53.4 Å². The van der Waals surface area contributed by atoms with Crippen molar-refractivity contribution in [2.24, 2.45) is 0 Å². The number of carbonyl (C=O) groups excluding carboxylic acids is 1. The van der Waals surface area contributed by atoms with Crippen LogP contribution in [-0.4, -0.2) is 31.9 Å². The first kappa shape index (κ1) is 17.8. The van der Waals surface area contributed by atoms with E-state index in [0.29, 0.717) is 5.02 Å². The van der Waals surface area contributed by atoms with Gasteiger partial charge in [0, 0.05) is 5.02 Å². The molecule has 3 N–H and O–H groups in total. The van der Waals surface area contributed by atoms with Crippen molar-refractivity contribution in [2.45, 2.75) is 4.90 Å². The Morgan fingerprint density at radius 2 is 1.67 bits per heavy atom. The number of carboxylic acids is 1. The van der Waals surface area contributed by atoms with E-state index in [2.05, 4.69) is 10.0 Å². The van der Waals surface area contributed by atoms with E-state index >= 15 is 0 Å².